The van der Waals surface area contributed by atoms with Crippen LogP contribution in [0.2, 0.25) is 5.02 Å². The van der Waals surface area contributed by atoms with Crippen LogP contribution >= 0.6 is 11.6 Å². The third-order valence-corrected chi connectivity index (χ3v) is 4.79. The predicted molar refractivity (Wildman–Crippen MR) is 116 cm³/mol. The molecule has 6 nitrogen and oxygen atoms in total. The van der Waals surface area contributed by atoms with Crippen LogP contribution in [-0.2, 0) is 22.6 Å². The number of hydrogen-bond acceptors (Lipinski definition) is 3. The van der Waals surface area contributed by atoms with Gasteiger partial charge in [0.15, 0.2) is 0 Å². The molecule has 1 aromatic heterocycles. The zero-order valence-corrected chi connectivity index (χ0v) is 17.2. The van der Waals surface area contributed by atoms with Gasteiger partial charge < -0.3 is 15.2 Å². The summed E-state index contributed by atoms with van der Waals surface area (Å²) in [5.74, 6) is 0.776. The summed E-state index contributed by atoms with van der Waals surface area (Å²) in [4.78, 5) is 28.9. The summed E-state index contributed by atoms with van der Waals surface area (Å²) in [5.41, 5.74) is 2.48. The van der Waals surface area contributed by atoms with E-state index in [9.17, 15) is 9.59 Å². The summed E-state index contributed by atoms with van der Waals surface area (Å²) < 4.78 is 1.94. The summed E-state index contributed by atoms with van der Waals surface area (Å²) in [6.45, 7) is 2.75. The number of carbonyl (C=O) groups is 2. The first-order valence-electron chi connectivity index (χ1n) is 9.83. The number of para-hydroxylation sites is 2. The molecule has 0 saturated heterocycles. The molecule has 0 spiro atoms. The molecular formula is C22H25ClN4O2. The van der Waals surface area contributed by atoms with Crippen molar-refractivity contribution in [3.8, 4) is 0 Å². The van der Waals surface area contributed by atoms with E-state index >= 15 is 0 Å². The van der Waals surface area contributed by atoms with Crippen LogP contribution < -0.4 is 10.6 Å². The van der Waals surface area contributed by atoms with E-state index in [1.165, 1.54) is 0 Å². The first-order chi connectivity index (χ1) is 14.1. The van der Waals surface area contributed by atoms with Gasteiger partial charge in [-0.1, -0.05) is 30.7 Å². The number of rotatable bonds is 9. The van der Waals surface area contributed by atoms with Crippen molar-refractivity contribution in [1.29, 1.82) is 0 Å². The highest BCUT2D eigenvalue weighted by molar-refractivity contribution is 6.30. The molecule has 0 aliphatic heterocycles. The first kappa shape index (κ1) is 20.9. The molecule has 0 bridgehead atoms. The molecule has 2 aromatic carbocycles. The molecule has 0 unspecified atom stereocenters. The van der Waals surface area contributed by atoms with Crippen molar-refractivity contribution in [2.75, 3.05) is 11.9 Å². The quantitative estimate of drug-likeness (QED) is 0.518. The summed E-state index contributed by atoms with van der Waals surface area (Å²) >= 11 is 5.90. The average molecular weight is 413 g/mol. The Bertz CT molecular complexity index is 982. The van der Waals surface area contributed by atoms with Gasteiger partial charge in [-0.3, -0.25) is 9.59 Å². The Balaban J connectivity index is 1.68. The van der Waals surface area contributed by atoms with Crippen molar-refractivity contribution in [1.82, 2.24) is 14.9 Å². The molecule has 1 heterocycles. The summed E-state index contributed by atoms with van der Waals surface area (Å²) in [7, 11) is 0. The fraction of sp³-hybridized carbons (Fsp3) is 0.318. The molecule has 7 heteroatoms. The number of benzene rings is 2. The highest BCUT2D eigenvalue weighted by Gasteiger charge is 2.14. The number of imidazole rings is 1. The lowest BCUT2D eigenvalue weighted by atomic mass is 10.2. The number of hydrogen-bond donors (Lipinski definition) is 2. The number of amides is 2. The van der Waals surface area contributed by atoms with E-state index in [0.717, 1.165) is 29.7 Å². The van der Waals surface area contributed by atoms with E-state index in [1.54, 1.807) is 24.3 Å². The van der Waals surface area contributed by atoms with E-state index in [0.29, 0.717) is 30.1 Å². The Morgan fingerprint density at radius 3 is 2.59 bits per heavy atom. The Morgan fingerprint density at radius 2 is 1.83 bits per heavy atom. The van der Waals surface area contributed by atoms with Gasteiger partial charge in [0, 0.05) is 30.1 Å². The normalized spacial score (nSPS) is 10.8. The molecule has 0 atom stereocenters. The number of aromatic nitrogens is 2. The molecule has 152 valence electrons. The van der Waals surface area contributed by atoms with Crippen molar-refractivity contribution in [2.45, 2.75) is 39.2 Å². The molecule has 3 rings (SSSR count). The minimum absolute atomic E-state index is 0.0725. The van der Waals surface area contributed by atoms with Gasteiger partial charge >= 0.3 is 0 Å². The number of anilines is 1. The average Bonchev–Trinajstić information content (AvgIpc) is 3.05. The Kier molecular flexibility index (Phi) is 7.25. The maximum absolute atomic E-state index is 12.6. The van der Waals surface area contributed by atoms with Crippen molar-refractivity contribution in [2.24, 2.45) is 0 Å². The van der Waals surface area contributed by atoms with Gasteiger partial charge in [0.05, 0.1) is 11.0 Å². The standard InChI is InChI=1S/C22H25ClN4O2/c1-2-6-21(28)24-14-5-9-20-26-18-7-3-4-8-19(18)27(20)15-22(29)25-17-12-10-16(23)11-13-17/h3-4,7-8,10-13H,2,5-6,9,14-15H2,1H3,(H,24,28)(H,25,29). The predicted octanol–water partition coefficient (Wildman–Crippen LogP) is 4.18. The van der Waals surface area contributed by atoms with Crippen LogP contribution in [-0.4, -0.2) is 27.9 Å². The second kappa shape index (κ2) is 10.1. The number of fused-ring (bicyclic) bond motifs is 1. The lowest BCUT2D eigenvalue weighted by Crippen LogP contribution is -2.25. The molecule has 3 aromatic rings. The van der Waals surface area contributed by atoms with Crippen LogP contribution in [0.4, 0.5) is 5.69 Å². The van der Waals surface area contributed by atoms with Crippen LogP contribution in [0.25, 0.3) is 11.0 Å². The number of halogens is 1. The van der Waals surface area contributed by atoms with Gasteiger partial charge in [-0.2, -0.15) is 0 Å². The molecule has 0 aliphatic carbocycles. The Hall–Kier alpha value is -2.86. The fourth-order valence-electron chi connectivity index (χ4n) is 3.16. The van der Waals surface area contributed by atoms with Gasteiger partial charge in [-0.15, -0.1) is 0 Å². The molecule has 0 radical (unpaired) electrons. The zero-order valence-electron chi connectivity index (χ0n) is 16.5. The molecular weight excluding hydrogens is 388 g/mol. The number of carbonyl (C=O) groups excluding carboxylic acids is 2. The summed E-state index contributed by atoms with van der Waals surface area (Å²) in [5, 5.41) is 6.43. The van der Waals surface area contributed by atoms with E-state index in [1.807, 2.05) is 35.8 Å². The lowest BCUT2D eigenvalue weighted by Gasteiger charge is -2.10. The number of nitrogens with one attached hydrogen (secondary N) is 2. The van der Waals surface area contributed by atoms with Crippen LogP contribution in [0.1, 0.15) is 32.0 Å². The van der Waals surface area contributed by atoms with Crippen molar-refractivity contribution in [3.05, 3.63) is 59.4 Å². The molecule has 0 fully saturated rings. The Labute approximate surface area is 175 Å². The lowest BCUT2D eigenvalue weighted by molar-refractivity contribution is -0.121. The van der Waals surface area contributed by atoms with Gasteiger partial charge in [-0.25, -0.2) is 4.98 Å². The third kappa shape index (κ3) is 5.81. The van der Waals surface area contributed by atoms with Crippen molar-refractivity contribution >= 4 is 40.1 Å². The van der Waals surface area contributed by atoms with Crippen LogP contribution in [0.5, 0.6) is 0 Å². The summed E-state index contributed by atoms with van der Waals surface area (Å²) in [6.07, 6.45) is 2.82. The van der Waals surface area contributed by atoms with E-state index in [-0.39, 0.29) is 18.4 Å². The second-order valence-corrected chi connectivity index (χ2v) is 7.30. The largest absolute Gasteiger partial charge is 0.356 e. The molecule has 29 heavy (non-hydrogen) atoms. The first-order valence-corrected chi connectivity index (χ1v) is 10.2. The maximum Gasteiger partial charge on any atom is 0.244 e. The molecule has 2 amide bonds. The van der Waals surface area contributed by atoms with Crippen LogP contribution in [0, 0.1) is 0 Å². The zero-order chi connectivity index (χ0) is 20.6. The van der Waals surface area contributed by atoms with Crippen LogP contribution in [0.15, 0.2) is 48.5 Å². The Morgan fingerprint density at radius 1 is 1.07 bits per heavy atom. The van der Waals surface area contributed by atoms with E-state index in [4.69, 9.17) is 16.6 Å². The minimum Gasteiger partial charge on any atom is -0.356 e. The number of aryl methyl sites for hydroxylation is 1. The SMILES string of the molecule is CCCC(=O)NCCCc1nc2ccccc2n1CC(=O)Nc1ccc(Cl)cc1. The smallest absolute Gasteiger partial charge is 0.244 e. The highest BCUT2D eigenvalue weighted by atomic mass is 35.5. The van der Waals surface area contributed by atoms with Gasteiger partial charge in [0.25, 0.3) is 0 Å². The maximum atomic E-state index is 12.6. The molecule has 0 aliphatic rings. The van der Waals surface area contributed by atoms with Crippen LogP contribution in [0.3, 0.4) is 0 Å². The minimum atomic E-state index is -0.132. The van der Waals surface area contributed by atoms with Gasteiger partial charge in [0.1, 0.15) is 12.4 Å². The fourth-order valence-corrected chi connectivity index (χ4v) is 3.29. The van der Waals surface area contributed by atoms with Crippen molar-refractivity contribution < 1.29 is 9.59 Å². The third-order valence-electron chi connectivity index (χ3n) is 4.54. The van der Waals surface area contributed by atoms with E-state index in [2.05, 4.69) is 10.6 Å². The van der Waals surface area contributed by atoms with E-state index < -0.39 is 0 Å². The van der Waals surface area contributed by atoms with Gasteiger partial charge in [0.2, 0.25) is 11.8 Å². The summed E-state index contributed by atoms with van der Waals surface area (Å²) in [6, 6.07) is 14.8. The van der Waals surface area contributed by atoms with Crippen molar-refractivity contribution in [3.63, 3.8) is 0 Å². The highest BCUT2D eigenvalue weighted by Crippen LogP contribution is 2.18. The number of nitrogens with zero attached hydrogens (tertiary/aromatic N) is 2. The monoisotopic (exact) mass is 412 g/mol. The topological polar surface area (TPSA) is 76.0 Å². The molecule has 0 saturated carbocycles. The van der Waals surface area contributed by atoms with Gasteiger partial charge in [-0.05, 0) is 49.2 Å². The molecule has 2 N–H and O–H groups in total. The second-order valence-electron chi connectivity index (χ2n) is 6.86.